The average molecular weight is 404 g/mol. The molecule has 6 nitrogen and oxygen atoms in total. The van der Waals surface area contributed by atoms with Gasteiger partial charge in [0, 0.05) is 25.1 Å². The van der Waals surface area contributed by atoms with Crippen LogP contribution in [0, 0.1) is 6.92 Å². The topological polar surface area (TPSA) is 64.4 Å². The molecule has 1 aliphatic heterocycles. The highest BCUT2D eigenvalue weighted by molar-refractivity contribution is 7.20. The Kier molecular flexibility index (Phi) is 5.12. The minimum Gasteiger partial charge on any atom is -0.376 e. The average Bonchev–Trinajstić information content (AvgIpc) is 3.39. The van der Waals surface area contributed by atoms with Crippen LogP contribution in [0.2, 0.25) is 0 Å². The summed E-state index contributed by atoms with van der Waals surface area (Å²) in [4.78, 5) is 34.4. The molecule has 0 aromatic carbocycles. The first-order valence-corrected chi connectivity index (χ1v) is 10.6. The molecule has 142 valence electrons. The van der Waals surface area contributed by atoms with Crippen LogP contribution in [0.5, 0.6) is 0 Å². The van der Waals surface area contributed by atoms with Crippen LogP contribution in [-0.4, -0.2) is 39.6 Å². The van der Waals surface area contributed by atoms with Crippen molar-refractivity contribution in [3.63, 3.8) is 0 Å². The number of hydrogen-bond acceptors (Lipinski definition) is 6. The lowest BCUT2D eigenvalue weighted by Crippen LogP contribution is -2.36. The van der Waals surface area contributed by atoms with Crippen LogP contribution in [0.15, 0.2) is 28.6 Å². The fourth-order valence-corrected chi connectivity index (χ4v) is 5.23. The van der Waals surface area contributed by atoms with E-state index in [4.69, 9.17) is 4.74 Å². The van der Waals surface area contributed by atoms with Gasteiger partial charge in [0.25, 0.3) is 11.5 Å². The Hall–Kier alpha value is -2.03. The molecule has 0 N–H and O–H groups in total. The summed E-state index contributed by atoms with van der Waals surface area (Å²) >= 11 is 2.94. The van der Waals surface area contributed by atoms with Crippen LogP contribution in [-0.2, 0) is 18.3 Å². The Morgan fingerprint density at radius 3 is 3.04 bits per heavy atom. The first kappa shape index (κ1) is 18.3. The van der Waals surface area contributed by atoms with E-state index >= 15 is 0 Å². The van der Waals surface area contributed by atoms with Crippen LogP contribution in [0.1, 0.15) is 33.0 Å². The van der Waals surface area contributed by atoms with Crippen molar-refractivity contribution in [2.45, 2.75) is 32.4 Å². The number of hydrogen-bond donors (Lipinski definition) is 0. The van der Waals surface area contributed by atoms with Crippen molar-refractivity contribution in [1.29, 1.82) is 0 Å². The molecule has 1 aliphatic rings. The third-order valence-corrected chi connectivity index (χ3v) is 6.92. The van der Waals surface area contributed by atoms with Gasteiger partial charge < -0.3 is 14.2 Å². The Balaban J connectivity index is 1.69. The number of thiophene rings is 2. The second kappa shape index (κ2) is 7.53. The Morgan fingerprint density at radius 1 is 1.48 bits per heavy atom. The summed E-state index contributed by atoms with van der Waals surface area (Å²) in [6.07, 6.45) is 3.59. The van der Waals surface area contributed by atoms with Gasteiger partial charge in [0.15, 0.2) is 0 Å². The second-order valence-corrected chi connectivity index (χ2v) is 8.83. The van der Waals surface area contributed by atoms with Crippen LogP contribution >= 0.6 is 22.7 Å². The molecule has 0 aliphatic carbocycles. The van der Waals surface area contributed by atoms with Gasteiger partial charge >= 0.3 is 0 Å². The minimum absolute atomic E-state index is 0.0542. The molecule has 27 heavy (non-hydrogen) atoms. The molecule has 4 heterocycles. The maximum Gasteiger partial charge on any atom is 0.264 e. The van der Waals surface area contributed by atoms with Crippen molar-refractivity contribution in [3.05, 3.63) is 49.5 Å². The molecule has 0 radical (unpaired) electrons. The highest BCUT2D eigenvalue weighted by atomic mass is 32.1. The predicted molar refractivity (Wildman–Crippen MR) is 108 cm³/mol. The largest absolute Gasteiger partial charge is 0.376 e. The summed E-state index contributed by atoms with van der Waals surface area (Å²) < 4.78 is 7.21. The van der Waals surface area contributed by atoms with Crippen LogP contribution in [0.25, 0.3) is 10.2 Å². The standard InChI is InChI=1S/C19H21N3O3S2/c1-12-15-17(20-11-21(2)18(15)23)27-16(12)19(24)22(9-13-5-3-7-25-13)10-14-6-4-8-26-14/h4,6,8,11,13H,3,5,7,9-10H2,1-2H3. The van der Waals surface area contributed by atoms with Gasteiger partial charge in [0.1, 0.15) is 4.83 Å². The lowest BCUT2D eigenvalue weighted by atomic mass is 10.1. The molecule has 1 fully saturated rings. The molecule has 8 heteroatoms. The Labute approximate surface area is 165 Å². The summed E-state index contributed by atoms with van der Waals surface area (Å²) in [6, 6.07) is 4.03. The normalized spacial score (nSPS) is 16.9. The van der Waals surface area contributed by atoms with E-state index in [1.54, 1.807) is 18.4 Å². The van der Waals surface area contributed by atoms with E-state index in [1.165, 1.54) is 22.2 Å². The van der Waals surface area contributed by atoms with Crippen molar-refractivity contribution in [3.8, 4) is 0 Å². The molecule has 0 spiro atoms. The fourth-order valence-electron chi connectivity index (χ4n) is 3.40. The van der Waals surface area contributed by atoms with Crippen LogP contribution in [0.3, 0.4) is 0 Å². The summed E-state index contributed by atoms with van der Waals surface area (Å²) in [5, 5.41) is 2.56. The van der Waals surface area contributed by atoms with Gasteiger partial charge in [0.05, 0.1) is 29.2 Å². The zero-order valence-corrected chi connectivity index (χ0v) is 16.9. The molecule has 1 atom stereocenters. The number of ether oxygens (including phenoxy) is 1. The van der Waals surface area contributed by atoms with Gasteiger partial charge in [0.2, 0.25) is 0 Å². The van der Waals surface area contributed by atoms with Gasteiger partial charge in [-0.25, -0.2) is 4.98 Å². The fraction of sp³-hybridized carbons (Fsp3) is 0.421. The molecule has 4 rings (SSSR count). The van der Waals surface area contributed by atoms with E-state index < -0.39 is 0 Å². The number of aromatic nitrogens is 2. The maximum atomic E-state index is 13.4. The predicted octanol–water partition coefficient (Wildman–Crippen LogP) is 3.19. The first-order valence-electron chi connectivity index (χ1n) is 8.92. The van der Waals surface area contributed by atoms with E-state index in [0.717, 1.165) is 29.9 Å². The van der Waals surface area contributed by atoms with Crippen molar-refractivity contribution in [2.75, 3.05) is 13.2 Å². The van der Waals surface area contributed by atoms with Gasteiger partial charge in [-0.3, -0.25) is 9.59 Å². The molecule has 0 saturated carbocycles. The number of carbonyl (C=O) groups is 1. The zero-order valence-electron chi connectivity index (χ0n) is 15.3. The van der Waals surface area contributed by atoms with E-state index in [9.17, 15) is 9.59 Å². The number of rotatable bonds is 5. The van der Waals surface area contributed by atoms with Crippen molar-refractivity contribution < 1.29 is 9.53 Å². The van der Waals surface area contributed by atoms with Gasteiger partial charge in [-0.2, -0.15) is 0 Å². The van der Waals surface area contributed by atoms with Crippen molar-refractivity contribution in [1.82, 2.24) is 14.5 Å². The van der Waals surface area contributed by atoms with E-state index in [2.05, 4.69) is 4.98 Å². The third kappa shape index (κ3) is 3.56. The highest BCUT2D eigenvalue weighted by Gasteiger charge is 2.27. The Morgan fingerprint density at radius 2 is 2.33 bits per heavy atom. The number of aryl methyl sites for hydroxylation is 2. The van der Waals surface area contributed by atoms with Gasteiger partial charge in [-0.05, 0) is 36.8 Å². The molecule has 0 bridgehead atoms. The van der Waals surface area contributed by atoms with Crippen molar-refractivity contribution in [2.24, 2.45) is 7.05 Å². The summed E-state index contributed by atoms with van der Waals surface area (Å²) in [7, 11) is 1.67. The molecule has 1 saturated heterocycles. The summed E-state index contributed by atoms with van der Waals surface area (Å²) in [6.45, 7) is 3.71. The van der Waals surface area contributed by atoms with Gasteiger partial charge in [-0.1, -0.05) is 6.07 Å². The lowest BCUT2D eigenvalue weighted by molar-refractivity contribution is 0.0513. The number of amides is 1. The Bertz CT molecular complexity index is 1020. The molecular weight excluding hydrogens is 382 g/mol. The first-order chi connectivity index (χ1) is 13.0. The molecule has 3 aromatic heterocycles. The molecule has 3 aromatic rings. The summed E-state index contributed by atoms with van der Waals surface area (Å²) in [5.74, 6) is -0.0542. The lowest BCUT2D eigenvalue weighted by Gasteiger charge is -2.25. The second-order valence-electron chi connectivity index (χ2n) is 6.80. The molecule has 1 amide bonds. The monoisotopic (exact) mass is 403 g/mol. The van der Waals surface area contributed by atoms with Gasteiger partial charge in [-0.15, -0.1) is 22.7 Å². The quantitative estimate of drug-likeness (QED) is 0.656. The molecule has 1 unspecified atom stereocenters. The number of fused-ring (bicyclic) bond motifs is 1. The van der Waals surface area contributed by atoms with E-state index in [0.29, 0.717) is 28.2 Å². The van der Waals surface area contributed by atoms with E-state index in [1.807, 2.05) is 29.3 Å². The molecular formula is C19H21N3O3S2. The maximum absolute atomic E-state index is 13.4. The van der Waals surface area contributed by atoms with Crippen LogP contribution in [0.4, 0.5) is 0 Å². The summed E-state index contributed by atoms with van der Waals surface area (Å²) in [5.41, 5.74) is 0.606. The number of nitrogens with zero attached hydrogens (tertiary/aromatic N) is 3. The SMILES string of the molecule is Cc1c(C(=O)N(Cc2cccs2)CC2CCCO2)sc2ncn(C)c(=O)c12. The smallest absolute Gasteiger partial charge is 0.264 e. The van der Waals surface area contributed by atoms with Crippen molar-refractivity contribution >= 4 is 38.8 Å². The van der Waals surface area contributed by atoms with Crippen LogP contribution < -0.4 is 5.56 Å². The third-order valence-electron chi connectivity index (χ3n) is 4.87. The highest BCUT2D eigenvalue weighted by Crippen LogP contribution is 2.29. The number of carbonyl (C=O) groups excluding carboxylic acids is 1. The zero-order chi connectivity index (χ0) is 19.0. The minimum atomic E-state index is -0.114. The van der Waals surface area contributed by atoms with E-state index in [-0.39, 0.29) is 17.6 Å².